The molecule has 0 bridgehead atoms. The second-order valence-electron chi connectivity index (χ2n) is 26.1. The van der Waals surface area contributed by atoms with Gasteiger partial charge in [-0.2, -0.15) is 15.3 Å². The first kappa shape index (κ1) is 85.4. The third-order valence-electron chi connectivity index (χ3n) is 16.9. The molecule has 0 unspecified atom stereocenters. The molecule has 1 radical (unpaired) electrons. The van der Waals surface area contributed by atoms with Crippen molar-refractivity contribution in [2.45, 2.75) is 47.3 Å². The second-order valence-corrected chi connectivity index (χ2v) is 33.4. The molecule has 27 heteroatoms. The molecule has 2 fully saturated rings. The molecule has 0 aliphatic carbocycles. The van der Waals surface area contributed by atoms with Gasteiger partial charge >= 0.3 is 7.69 Å². The first-order valence-corrected chi connectivity index (χ1v) is 40.4. The molecule has 21 nitrogen and oxygen atoms in total. The summed E-state index contributed by atoms with van der Waals surface area (Å²) in [6.07, 6.45) is 15.4. The highest BCUT2D eigenvalue weighted by atomic mass is 79.9. The summed E-state index contributed by atoms with van der Waals surface area (Å²) in [4.78, 5) is 59.4. The van der Waals surface area contributed by atoms with Gasteiger partial charge in [0.05, 0.1) is 50.6 Å². The monoisotopic (exact) mass is 1660 g/mol. The minimum Gasteiger partial charge on any atom is -0.537 e. The zero-order valence-corrected chi connectivity index (χ0v) is 68.6. The number of piperazine rings is 2. The number of benzene rings is 6. The Bertz CT molecular complexity index is 5770. The van der Waals surface area contributed by atoms with Gasteiger partial charge in [0, 0.05) is 90.2 Å². The molecule has 0 atom stereocenters. The van der Waals surface area contributed by atoms with E-state index in [1.165, 1.54) is 0 Å². The number of carbonyl (C=O) groups is 2. The predicted octanol–water partition coefficient (Wildman–Crippen LogP) is 17.1. The lowest BCUT2D eigenvalue weighted by molar-refractivity contribution is 0.0657. The van der Waals surface area contributed by atoms with Gasteiger partial charge < -0.3 is 29.3 Å². The summed E-state index contributed by atoms with van der Waals surface area (Å²) in [5.74, 6) is 15.5. The highest BCUT2D eigenvalue weighted by Gasteiger charge is 2.22. The minimum atomic E-state index is -1.10. The highest BCUT2D eigenvalue weighted by Crippen LogP contribution is 2.25. The molecule has 2 aliphatic heterocycles. The summed E-state index contributed by atoms with van der Waals surface area (Å²) in [5.41, 5.74) is 18.3. The largest absolute Gasteiger partial charge is 0.569 e. The lowest BCUT2D eigenvalue weighted by atomic mass is 10.1. The molecule has 2 aliphatic rings. The van der Waals surface area contributed by atoms with Crippen molar-refractivity contribution in [3.8, 4) is 65.0 Å². The first-order chi connectivity index (χ1) is 53.7. The van der Waals surface area contributed by atoms with Crippen LogP contribution in [-0.4, -0.2) is 162 Å². The Labute approximate surface area is 681 Å². The molecule has 8 heterocycles. The summed E-state index contributed by atoms with van der Waals surface area (Å²) in [6.45, 7) is 48.7. The predicted molar refractivity (Wildman–Crippen MR) is 453 cm³/mol. The van der Waals surface area contributed by atoms with E-state index < -0.39 is 8.07 Å². The van der Waals surface area contributed by atoms with Gasteiger partial charge in [0.1, 0.15) is 40.1 Å². The zero-order chi connectivity index (χ0) is 81.0. The number of aromatic nitrogens is 9. The van der Waals surface area contributed by atoms with E-state index in [1.54, 1.807) is 117 Å². The van der Waals surface area contributed by atoms with Crippen LogP contribution in [0.1, 0.15) is 71.0 Å². The fraction of sp³-hybridized carbons (Fsp3) is 0.200. The van der Waals surface area contributed by atoms with E-state index in [0.29, 0.717) is 80.3 Å². The molecule has 2 amide bonds. The third-order valence-corrected chi connectivity index (χ3v) is 19.5. The minimum absolute atomic E-state index is 0.0441. The summed E-state index contributed by atoms with van der Waals surface area (Å²) in [7, 11) is 3.65. The van der Waals surface area contributed by atoms with Crippen LogP contribution >= 0.6 is 55.1 Å². The lowest BCUT2D eigenvalue weighted by Gasteiger charge is -2.32. The Kier molecular flexibility index (Phi) is 31.7. The molecule has 112 heavy (non-hydrogen) atoms. The maximum atomic E-state index is 12.8. The van der Waals surface area contributed by atoms with Crippen molar-refractivity contribution < 1.29 is 19.3 Å². The van der Waals surface area contributed by atoms with E-state index >= 15 is 0 Å². The van der Waals surface area contributed by atoms with Crippen molar-refractivity contribution in [1.82, 2.24) is 63.4 Å². The summed E-state index contributed by atoms with van der Waals surface area (Å²) < 4.78 is 11.6. The number of rotatable bonds is 5. The van der Waals surface area contributed by atoms with Crippen molar-refractivity contribution in [2.75, 3.05) is 66.5 Å². The molecule has 559 valence electrons. The average molecular weight is 1670 g/mol. The molecular weight excluding hydrogens is 1590 g/mol. The number of imidazole rings is 3. The number of fused-ring (bicyclic) bond motifs is 3. The maximum absolute atomic E-state index is 12.8. The standard InChI is InChI=1S/C28H24N6O.C16H9ClN4.C12H16BN2O3.C10H7N.C8H6BrN.C6H3BrClN3.C5H10Si/c1-20-4-10-24(29-2)18-23(20)9-11-25-19-30-27-13-12-26(31-34(25)27)21-5-7-22(8-6-21)28(35)33-16-14-32(3)15-17-33;1-11-3-5-13(18-2)9-12(11)4-6-14-10-19-16-8-7-15(17)20-21(14)16;1-14-6-8-15(9-7-14)12(16)10-2-4-11(5-3-10)18-13-17;1-4-9-7-10(11-3)6-5-8(9)2;1-6-3-4-7(10-2)5-8(6)9;7-4-3-9-6-2-1-5(8)10-11(4)6;1-5-6(2,3)4/h4-8,10,12-13,18-19H,14-17H2,1,3H3;3,5,7-10H,1H3;2-5,17H,6-9H2,1H3;1,5-7H,2H3;3-5H,1H3;1-3H;1H,2-4H3. The third kappa shape index (κ3) is 24.9. The van der Waals surface area contributed by atoms with Crippen LogP contribution in [0.4, 0.5) is 22.7 Å². The molecular formula is C85H75BBr2Cl2N17O4Si. The van der Waals surface area contributed by atoms with Crippen molar-refractivity contribution in [2.24, 2.45) is 0 Å². The Morgan fingerprint density at radius 2 is 0.884 bits per heavy atom. The van der Waals surface area contributed by atoms with Crippen molar-refractivity contribution in [3.05, 3.63) is 303 Å². The van der Waals surface area contributed by atoms with Gasteiger partial charge in [0.25, 0.3) is 11.8 Å². The number of nitrogens with zero attached hydrogens (tertiary/aromatic N) is 17. The van der Waals surface area contributed by atoms with E-state index in [1.807, 2.05) is 110 Å². The van der Waals surface area contributed by atoms with Crippen molar-refractivity contribution in [3.63, 3.8) is 0 Å². The van der Waals surface area contributed by atoms with Crippen molar-refractivity contribution >= 4 is 122 Å². The van der Waals surface area contributed by atoms with Gasteiger partial charge in [-0.15, -0.1) is 18.4 Å². The number of hydrogen-bond donors (Lipinski definition) is 1. The van der Waals surface area contributed by atoms with Gasteiger partial charge in [0.15, 0.2) is 39.7 Å². The molecule has 6 aromatic carbocycles. The van der Waals surface area contributed by atoms with Gasteiger partial charge in [-0.3, -0.25) is 9.59 Å². The van der Waals surface area contributed by atoms with E-state index in [2.05, 4.69) is 155 Å². The van der Waals surface area contributed by atoms with Gasteiger partial charge in [-0.1, -0.05) is 137 Å². The van der Waals surface area contributed by atoms with E-state index in [-0.39, 0.29) is 11.8 Å². The SMILES string of the molecule is C#C[Si](C)(C)C.CN1CCN(C(=O)c2ccc(O[B]O)cc2)CC1.Clc1ccc2ncc(Br)n2n1.[C-]#[N+]c1ccc(C)c(Br)c1.[C-]#[N+]c1ccc(C)c(C#C)c1.[C-]#[N+]c1ccc(C)c(C#Cc2cnc3ccc(-c4ccc(C(=O)N5CCN(C)CC5)cc4)nn23)c1.[C-]#[N+]c1ccc(C)c(C#Cc2cnc3ccc(Cl)nn23)c1. The maximum Gasteiger partial charge on any atom is 0.569 e. The molecule has 14 rings (SSSR count). The molecule has 0 spiro atoms. The average Bonchev–Trinajstić information content (AvgIpc) is 1.59. The van der Waals surface area contributed by atoms with E-state index in [0.717, 1.165) is 117 Å². The van der Waals surface area contributed by atoms with Crippen molar-refractivity contribution in [1.29, 1.82) is 0 Å². The second kappa shape index (κ2) is 41.6. The summed E-state index contributed by atoms with van der Waals surface area (Å²) in [5, 5.41) is 22.3. The summed E-state index contributed by atoms with van der Waals surface area (Å²) >= 11 is 18.2. The first-order valence-electron chi connectivity index (χ1n) is 34.6. The van der Waals surface area contributed by atoms with Crippen LogP contribution < -0.4 is 4.65 Å². The number of likely N-dealkylation sites (N-methyl/N-ethyl adjacent to an activating group) is 2. The van der Waals surface area contributed by atoms with Crippen LogP contribution in [0, 0.1) is 102 Å². The Morgan fingerprint density at radius 3 is 1.31 bits per heavy atom. The Hall–Kier alpha value is -12.2. The number of hydrogen-bond acceptors (Lipinski definition) is 12. The van der Waals surface area contributed by atoms with Gasteiger partial charge in [-0.05, 0) is 189 Å². The molecule has 1 N–H and O–H groups in total. The number of carbonyl (C=O) groups excluding carboxylic acids is 2. The Morgan fingerprint density at radius 1 is 0.500 bits per heavy atom. The quantitative estimate of drug-likeness (QED) is 0.0978. The Balaban J connectivity index is 0.000000176. The van der Waals surface area contributed by atoms with Crippen LogP contribution in [0.2, 0.25) is 29.9 Å². The lowest BCUT2D eigenvalue weighted by Crippen LogP contribution is -2.47. The fourth-order valence-corrected chi connectivity index (χ4v) is 11.2. The number of halogens is 4. The van der Waals surface area contributed by atoms with Gasteiger partial charge in [-0.25, -0.2) is 47.9 Å². The fourth-order valence-electron chi connectivity index (χ4n) is 10.2. The highest BCUT2D eigenvalue weighted by molar-refractivity contribution is 9.10. The zero-order valence-electron chi connectivity index (χ0n) is 62.9. The molecule has 6 aromatic heterocycles. The number of terminal acetylenes is 2. The van der Waals surface area contributed by atoms with E-state index in [9.17, 15) is 9.59 Å². The van der Waals surface area contributed by atoms with Crippen LogP contribution in [0.5, 0.6) is 5.75 Å². The summed E-state index contributed by atoms with van der Waals surface area (Å²) in [6, 6.07) is 47.0. The molecule has 12 aromatic rings. The van der Waals surface area contributed by atoms with Crippen LogP contribution in [0.3, 0.4) is 0 Å². The topological polar surface area (TPSA) is 185 Å². The smallest absolute Gasteiger partial charge is 0.537 e. The van der Waals surface area contributed by atoms with E-state index in [4.69, 9.17) is 77.1 Å². The van der Waals surface area contributed by atoms with Crippen LogP contribution in [0.15, 0.2) is 185 Å². The number of amides is 2. The van der Waals surface area contributed by atoms with Gasteiger partial charge in [0.2, 0.25) is 0 Å². The number of aryl methyl sites for hydroxylation is 4. The molecule has 2 saturated heterocycles. The van der Waals surface area contributed by atoms with Crippen LogP contribution in [-0.2, 0) is 0 Å². The molecule has 0 saturated carbocycles. The van der Waals surface area contributed by atoms with Crippen LogP contribution in [0.25, 0.3) is 47.6 Å². The normalized spacial score (nSPS) is 12.0.